The second kappa shape index (κ2) is 5.52. The highest BCUT2D eigenvalue weighted by molar-refractivity contribution is 5.96. The fourth-order valence-corrected chi connectivity index (χ4v) is 3.22. The molecule has 2 aromatic carbocycles. The van der Waals surface area contributed by atoms with E-state index in [9.17, 15) is 14.9 Å². The number of ether oxygens (including phenoxy) is 2. The van der Waals surface area contributed by atoms with Crippen LogP contribution < -0.4 is 14.8 Å². The smallest absolute Gasteiger partial charge is 0.273 e. The molecule has 0 aromatic heterocycles. The average Bonchev–Trinajstić information content (AvgIpc) is 2.59. The van der Waals surface area contributed by atoms with E-state index in [-0.39, 0.29) is 18.0 Å². The molecule has 0 unspecified atom stereocenters. The highest BCUT2D eigenvalue weighted by atomic mass is 16.6. The molecule has 1 amide bonds. The van der Waals surface area contributed by atoms with Gasteiger partial charge in [0.05, 0.1) is 4.92 Å². The Morgan fingerprint density at radius 3 is 2.54 bits per heavy atom. The van der Waals surface area contributed by atoms with Gasteiger partial charge in [0.1, 0.15) is 13.2 Å². The first kappa shape index (κ1) is 14.5. The largest absolute Gasteiger partial charge is 0.486 e. The third-order valence-corrected chi connectivity index (χ3v) is 4.26. The van der Waals surface area contributed by atoms with E-state index in [4.69, 9.17) is 9.47 Å². The fourth-order valence-electron chi connectivity index (χ4n) is 3.22. The van der Waals surface area contributed by atoms with Crippen molar-refractivity contribution in [3.63, 3.8) is 0 Å². The summed E-state index contributed by atoms with van der Waals surface area (Å²) in [5, 5.41) is 14.2. The molecule has 1 N–H and O–H groups in total. The molecule has 0 radical (unpaired) electrons. The molecule has 0 fully saturated rings. The van der Waals surface area contributed by atoms with Gasteiger partial charge < -0.3 is 14.8 Å². The number of carbonyl (C=O) groups is 1. The van der Waals surface area contributed by atoms with Gasteiger partial charge in [-0.3, -0.25) is 14.9 Å². The summed E-state index contributed by atoms with van der Waals surface area (Å²) < 4.78 is 11.1. The van der Waals surface area contributed by atoms with Crippen LogP contribution in [-0.2, 0) is 4.79 Å². The van der Waals surface area contributed by atoms with Gasteiger partial charge in [-0.1, -0.05) is 18.2 Å². The summed E-state index contributed by atoms with van der Waals surface area (Å²) in [5.41, 5.74) is 1.94. The number of amides is 1. The zero-order valence-electron chi connectivity index (χ0n) is 12.7. The summed E-state index contributed by atoms with van der Waals surface area (Å²) in [6.07, 6.45) is 0.150. The highest BCUT2D eigenvalue weighted by Crippen LogP contribution is 2.45. The van der Waals surface area contributed by atoms with E-state index >= 15 is 0 Å². The van der Waals surface area contributed by atoms with Gasteiger partial charge in [-0.25, -0.2) is 0 Å². The number of nitro groups is 1. The lowest BCUT2D eigenvalue weighted by atomic mass is 9.83. The minimum absolute atomic E-state index is 0.0121. The summed E-state index contributed by atoms with van der Waals surface area (Å²) in [4.78, 5) is 23.0. The Labute approximate surface area is 137 Å². The summed E-state index contributed by atoms with van der Waals surface area (Å²) in [6.45, 7) is 0.904. The second-order valence-corrected chi connectivity index (χ2v) is 5.70. The van der Waals surface area contributed by atoms with Gasteiger partial charge in [-0.15, -0.1) is 0 Å². The maximum Gasteiger partial charge on any atom is 0.273 e. The number of benzene rings is 2. The number of nitrogens with zero attached hydrogens (tertiary/aromatic N) is 1. The molecule has 1 atom stereocenters. The van der Waals surface area contributed by atoms with Crippen LogP contribution in [0.25, 0.3) is 0 Å². The van der Waals surface area contributed by atoms with Crippen molar-refractivity contribution in [1.29, 1.82) is 0 Å². The molecule has 7 heteroatoms. The minimum Gasteiger partial charge on any atom is -0.486 e. The van der Waals surface area contributed by atoms with Gasteiger partial charge in [-0.2, -0.15) is 0 Å². The van der Waals surface area contributed by atoms with E-state index in [0.717, 1.165) is 5.56 Å². The number of anilines is 1. The SMILES string of the molecule is O=C1C[C@H](c2ccccc2[N+](=O)[O-])c2cc3c(cc2N1)OCCO3. The zero-order chi connectivity index (χ0) is 16.7. The van der Waals surface area contributed by atoms with E-state index in [2.05, 4.69) is 5.32 Å². The predicted molar refractivity (Wildman–Crippen MR) is 85.6 cm³/mol. The maximum absolute atomic E-state index is 12.1. The molecular formula is C17H14N2O5. The molecule has 2 aromatic rings. The molecule has 7 nitrogen and oxygen atoms in total. The fraction of sp³-hybridized carbons (Fsp3) is 0.235. The van der Waals surface area contributed by atoms with Crippen molar-refractivity contribution < 1.29 is 19.2 Å². The first-order chi connectivity index (χ1) is 11.6. The molecule has 122 valence electrons. The van der Waals surface area contributed by atoms with Crippen molar-refractivity contribution >= 4 is 17.3 Å². The first-order valence-electron chi connectivity index (χ1n) is 7.60. The molecular weight excluding hydrogens is 312 g/mol. The Morgan fingerprint density at radius 2 is 1.79 bits per heavy atom. The van der Waals surface area contributed by atoms with Crippen molar-refractivity contribution in [3.05, 3.63) is 57.6 Å². The number of fused-ring (bicyclic) bond motifs is 2. The number of nitro benzene ring substituents is 1. The number of carbonyl (C=O) groups excluding carboxylic acids is 1. The lowest BCUT2D eigenvalue weighted by Gasteiger charge is -2.28. The molecule has 0 saturated heterocycles. The van der Waals surface area contributed by atoms with E-state index in [0.29, 0.717) is 36.0 Å². The second-order valence-electron chi connectivity index (χ2n) is 5.70. The van der Waals surface area contributed by atoms with E-state index in [1.165, 1.54) is 6.07 Å². The van der Waals surface area contributed by atoms with Gasteiger partial charge in [-0.05, 0) is 11.6 Å². The molecule has 0 spiro atoms. The summed E-state index contributed by atoms with van der Waals surface area (Å²) in [6, 6.07) is 10.1. The van der Waals surface area contributed by atoms with Gasteiger partial charge in [0.2, 0.25) is 5.91 Å². The standard InChI is InChI=1S/C17H14N2O5/c20-17-8-11(10-3-1-2-4-14(10)19(21)22)12-7-15-16(9-13(12)18-17)24-6-5-23-15/h1-4,7,9,11H,5-6,8H2,(H,18,20)/t11-/m1/s1. The number of nitrogens with one attached hydrogen (secondary N) is 1. The third kappa shape index (κ3) is 2.34. The Morgan fingerprint density at radius 1 is 1.08 bits per heavy atom. The van der Waals surface area contributed by atoms with Crippen LogP contribution in [0.1, 0.15) is 23.5 Å². The van der Waals surface area contributed by atoms with Crippen LogP contribution in [0.15, 0.2) is 36.4 Å². The van der Waals surface area contributed by atoms with Gasteiger partial charge >= 0.3 is 0 Å². The van der Waals surface area contributed by atoms with Crippen molar-refractivity contribution in [2.24, 2.45) is 0 Å². The van der Waals surface area contributed by atoms with Crippen LogP contribution in [0.5, 0.6) is 11.5 Å². The van der Waals surface area contributed by atoms with E-state index in [1.54, 1.807) is 24.3 Å². The normalized spacial score (nSPS) is 18.5. The monoisotopic (exact) mass is 326 g/mol. The Bertz CT molecular complexity index is 849. The molecule has 24 heavy (non-hydrogen) atoms. The van der Waals surface area contributed by atoms with Crippen LogP contribution in [0.2, 0.25) is 0 Å². The number of para-hydroxylation sites is 1. The van der Waals surface area contributed by atoms with Crippen LogP contribution in [0, 0.1) is 10.1 Å². The van der Waals surface area contributed by atoms with Crippen LogP contribution in [0.3, 0.4) is 0 Å². The topological polar surface area (TPSA) is 90.7 Å². The molecule has 0 aliphatic carbocycles. The summed E-state index contributed by atoms with van der Waals surface area (Å²) in [7, 11) is 0. The Kier molecular flexibility index (Phi) is 3.34. The van der Waals surface area contributed by atoms with Gasteiger partial charge in [0.25, 0.3) is 5.69 Å². The van der Waals surface area contributed by atoms with Crippen LogP contribution in [0.4, 0.5) is 11.4 Å². The van der Waals surface area contributed by atoms with Crippen LogP contribution in [-0.4, -0.2) is 24.0 Å². The van der Waals surface area contributed by atoms with Gasteiger partial charge in [0, 0.05) is 35.7 Å². The minimum atomic E-state index is -0.417. The van der Waals surface area contributed by atoms with E-state index in [1.807, 2.05) is 6.07 Å². The quantitative estimate of drug-likeness (QED) is 0.677. The zero-order valence-corrected chi connectivity index (χ0v) is 12.7. The number of hydrogen-bond donors (Lipinski definition) is 1. The summed E-state index contributed by atoms with van der Waals surface area (Å²) in [5.74, 6) is 0.594. The van der Waals surface area contributed by atoms with E-state index < -0.39 is 10.8 Å². The van der Waals surface area contributed by atoms with Crippen molar-refractivity contribution in [2.45, 2.75) is 12.3 Å². The molecule has 2 heterocycles. The molecule has 4 rings (SSSR count). The molecule has 0 saturated carbocycles. The van der Waals surface area contributed by atoms with Crippen molar-refractivity contribution in [1.82, 2.24) is 0 Å². The average molecular weight is 326 g/mol. The summed E-state index contributed by atoms with van der Waals surface area (Å²) >= 11 is 0. The van der Waals surface area contributed by atoms with Gasteiger partial charge in [0.15, 0.2) is 11.5 Å². The number of hydrogen-bond acceptors (Lipinski definition) is 5. The Balaban J connectivity index is 1.87. The van der Waals surface area contributed by atoms with Crippen molar-refractivity contribution in [2.75, 3.05) is 18.5 Å². The van der Waals surface area contributed by atoms with Crippen molar-refractivity contribution in [3.8, 4) is 11.5 Å². The number of rotatable bonds is 2. The third-order valence-electron chi connectivity index (χ3n) is 4.26. The lowest BCUT2D eigenvalue weighted by molar-refractivity contribution is -0.385. The molecule has 2 aliphatic rings. The predicted octanol–water partition coefficient (Wildman–Crippen LogP) is 2.84. The highest BCUT2D eigenvalue weighted by Gasteiger charge is 2.32. The van der Waals surface area contributed by atoms with Crippen LogP contribution >= 0.6 is 0 Å². The Hall–Kier alpha value is -3.09. The molecule has 2 aliphatic heterocycles. The molecule has 0 bridgehead atoms. The lowest BCUT2D eigenvalue weighted by Crippen LogP contribution is -2.25. The first-order valence-corrected chi connectivity index (χ1v) is 7.60. The maximum atomic E-state index is 12.1.